The first kappa shape index (κ1) is 128. The Balaban J connectivity index is 0.000000254. The Morgan fingerprint density at radius 2 is 0.747 bits per heavy atom. The Kier molecular flexibility index (Phi) is 60.5. The number of ketones is 1. The van der Waals surface area contributed by atoms with Crippen LogP contribution >= 0.6 is 71.5 Å². The van der Waals surface area contributed by atoms with Crippen molar-refractivity contribution in [3.8, 4) is 17.2 Å². The number of ether oxygens (including phenoxy) is 3. The molecule has 0 aliphatic carbocycles. The molecule has 2 aliphatic rings. The molecule has 26 nitrogen and oxygen atoms in total. The minimum Gasteiger partial charge on any atom is -0.741 e. The lowest BCUT2D eigenvalue weighted by Crippen LogP contribution is -2.21. The maximum atomic E-state index is 12.3. The van der Waals surface area contributed by atoms with E-state index in [1.54, 1.807) is 135 Å². The van der Waals surface area contributed by atoms with Gasteiger partial charge in [-0.2, -0.15) is 43.7 Å². The number of alkyl halides is 6. The number of rotatable bonds is 25. The smallest absolute Gasteiger partial charge is 0.485 e. The number of carbonyl (C=O) groups excluding carboxylic acids is 1. The quantitative estimate of drug-likeness (QED) is 0.00590. The molecule has 0 saturated carbocycles. The van der Waals surface area contributed by atoms with Gasteiger partial charge in [-0.3, -0.25) is 24.9 Å². The van der Waals surface area contributed by atoms with Crippen LogP contribution in [0.5, 0.6) is 17.2 Å². The summed E-state index contributed by atoms with van der Waals surface area (Å²) in [6.07, 6.45) is 10.1. The van der Waals surface area contributed by atoms with Crippen LogP contribution in [-0.2, 0) is 101 Å². The third-order valence-electron chi connectivity index (χ3n) is 19.7. The monoisotopic (exact) mass is 2280 g/mol. The minimum absolute atomic E-state index is 0.0786. The molecule has 2 saturated heterocycles. The van der Waals surface area contributed by atoms with E-state index >= 15 is 0 Å². The van der Waals surface area contributed by atoms with E-state index < -0.39 is 31.3 Å². The van der Waals surface area contributed by atoms with Crippen molar-refractivity contribution >= 4 is 174 Å². The van der Waals surface area contributed by atoms with Gasteiger partial charge in [-0.1, -0.05) is 204 Å². The van der Waals surface area contributed by atoms with Crippen LogP contribution in [0.4, 0.5) is 37.7 Å². The number of benzene rings is 15. The van der Waals surface area contributed by atoms with Crippen molar-refractivity contribution in [2.45, 2.75) is 111 Å². The number of aryl methyl sites for hydroxylation is 3. The highest BCUT2D eigenvalue weighted by atomic mass is 35.5. The second kappa shape index (κ2) is 71.1. The van der Waals surface area contributed by atoms with E-state index in [4.69, 9.17) is 62.5 Å². The zero-order valence-corrected chi connectivity index (χ0v) is 91.2. The summed E-state index contributed by atoms with van der Waals surface area (Å²) in [6, 6.07) is 122. The number of hydrogen-bond acceptors (Lipinski definition) is 29. The first-order chi connectivity index (χ1) is 72.0. The number of methoxy groups -OCH3 is 3. The molecule has 44 heteroatoms. The minimum atomic E-state index is -6.09. The van der Waals surface area contributed by atoms with Crippen molar-refractivity contribution < 1.29 is 130 Å². The zero-order chi connectivity index (χ0) is 110. The fraction of sp³-hybridized carbons (Fsp3) is 0.179. The van der Waals surface area contributed by atoms with E-state index in [9.17, 15) is 52.2 Å². The van der Waals surface area contributed by atoms with Gasteiger partial charge in [0.1, 0.15) is 57.8 Å². The van der Waals surface area contributed by atoms with Gasteiger partial charge in [0.25, 0.3) is 0 Å². The molecular weight excluding hydrogens is 2180 g/mol. The number of diazo groups is 2. The zero-order valence-electron chi connectivity index (χ0n) is 81.5. The van der Waals surface area contributed by atoms with Gasteiger partial charge in [0, 0.05) is 80.3 Å². The van der Waals surface area contributed by atoms with Crippen LogP contribution in [0.2, 0.25) is 5.02 Å². The van der Waals surface area contributed by atoms with E-state index in [1.165, 1.54) is 99.8 Å². The van der Waals surface area contributed by atoms with Crippen LogP contribution in [0.1, 0.15) is 52.7 Å². The van der Waals surface area contributed by atoms with Crippen LogP contribution in [0.3, 0.4) is 0 Å². The average Bonchev–Trinajstić information content (AvgIpc) is 0.952. The van der Waals surface area contributed by atoms with Crippen molar-refractivity contribution in [2.24, 2.45) is 0 Å². The molecule has 0 aromatic heterocycles. The van der Waals surface area contributed by atoms with Crippen LogP contribution in [0.25, 0.3) is 31.5 Å². The van der Waals surface area contributed by atoms with Crippen molar-refractivity contribution in [3.05, 3.63) is 407 Å². The summed E-state index contributed by atoms with van der Waals surface area (Å²) in [5.41, 5.74) is -5.78. The van der Waals surface area contributed by atoms with Gasteiger partial charge in [-0.25, -0.2) is 16.8 Å². The Labute approximate surface area is 905 Å². The Morgan fingerprint density at radius 1 is 0.400 bits per heavy atom. The van der Waals surface area contributed by atoms with E-state index in [0.29, 0.717) is 54.9 Å². The molecule has 0 atom stereocenters. The number of fused-ring (bicyclic) bond motifs is 2. The SMILES string of the molecule is COc1ccc(SOO[O-])cc1.COc1ccc(SOO[O-])cc1.COc1ccc([N+]#N)cc1.Cc1ccc(SOO[O-])cc1.Cc1ccc(SOO[O-])cc1.Cc1ccc([S+](C)C)c2ccccc12.N#[N+]c1ccccc1Cl.O=C(C[S+]1CCCC1)c1ccc2ccccc2c1.O=S(=O)([O-])C(F)(F)F.O=S(=O)([O-])C(F)(F)F.c1ccc(Sc2ccc([S+](c3ccccc3)c3ccccc3)cc2)cc1.c1ccc([S+]2CCCC2)cc1. The van der Waals surface area contributed by atoms with Gasteiger partial charge in [0.05, 0.1) is 80.4 Å². The Bertz CT molecular complexity index is 6530. The summed E-state index contributed by atoms with van der Waals surface area (Å²) in [4.78, 5) is 31.0. The summed E-state index contributed by atoms with van der Waals surface area (Å²) in [5.74, 6) is 8.74. The molecule has 0 N–H and O–H groups in total. The van der Waals surface area contributed by atoms with Gasteiger partial charge in [0.2, 0.25) is 16.6 Å². The predicted octanol–water partition coefficient (Wildman–Crippen LogP) is 25.6. The first-order valence-electron chi connectivity index (χ1n) is 44.2. The van der Waals surface area contributed by atoms with E-state index in [1.807, 2.05) is 86.6 Å². The molecular formula is C106H103ClF6N4O22S11. The lowest BCUT2D eigenvalue weighted by Gasteiger charge is -2.08. The molecule has 2 aliphatic heterocycles. The standard InChI is InChI=1S/C24H19S2.C16H17OS.C13H15S.C10H13S.C7H7N2O.2C7H8O4S.2C7H8O3S.C6H4ClN2.2CHF3O3S/c1-4-10-20(11-5-1)25-21-16-18-24(19-17-21)26(22-12-6-2-7-13-22)23-14-8-3-9-15-23;17-16(12-18-9-3-4-10-18)15-8-7-13-5-1-2-6-14(13)11-15;1-10-8-9-13(14(2)3)12-7-5-4-6-11(10)12;1-2-6-10(7-3-1)11-8-4-5-9-11;1-10-7-4-2-6(9-8)3-5-7;2*1-9-6-2-4-7(5-3-6)12-11-10-8;2*1-6-2-4-7(5-3-6)11-10-9-8;7-5-3-1-2-4-6(5)9-8;2*2-1(3,4)8(5,6)7/h1-19H;1-2,5-8,11H,3-4,9-10,12H2;4-9H,1-3H3;1-3,6-7H,4-5,8-9H2;2-5H,1H3;2*2-5,8H,1H3;2*2-5,8H,1H3;1-4H;2*(H,5,6,7)/q5*+1;;;;;+1;;/p-6. The van der Waals surface area contributed by atoms with Crippen LogP contribution in [-0.4, -0.2) is 105 Å². The number of Topliss-reactive ketones (excluding diaryl/α,β-unsaturated/α-hetero) is 1. The highest BCUT2D eigenvalue weighted by Crippen LogP contribution is 2.36. The highest BCUT2D eigenvalue weighted by Gasteiger charge is 2.38. The molecule has 0 bridgehead atoms. The van der Waals surface area contributed by atoms with E-state index in [2.05, 4.69) is 267 Å². The van der Waals surface area contributed by atoms with Crippen LogP contribution < -0.4 is 35.2 Å². The average molecular weight is 2290 g/mol. The lowest BCUT2D eigenvalue weighted by molar-refractivity contribution is -0.777. The van der Waals surface area contributed by atoms with Crippen molar-refractivity contribution in [1.29, 1.82) is 10.8 Å². The van der Waals surface area contributed by atoms with Crippen LogP contribution in [0, 0.1) is 31.6 Å². The molecule has 0 unspecified atom stereocenters. The number of halogens is 7. The highest BCUT2D eigenvalue weighted by molar-refractivity contribution is 7.99. The largest absolute Gasteiger partial charge is 0.741 e. The fourth-order valence-electron chi connectivity index (χ4n) is 12.4. The summed E-state index contributed by atoms with van der Waals surface area (Å²) in [7, 11) is -6.20. The number of hydrogen-bond donors (Lipinski definition) is 0. The Morgan fingerprint density at radius 3 is 1.13 bits per heavy atom. The number of carbonyl (C=O) groups is 1. The molecule has 15 aromatic carbocycles. The van der Waals surface area contributed by atoms with E-state index in [-0.39, 0.29) is 10.9 Å². The molecule has 15 aromatic rings. The van der Waals surface area contributed by atoms with Gasteiger partial charge < -0.3 is 44.3 Å². The number of nitrogens with zero attached hydrogens (tertiary/aromatic N) is 4. The molecule has 0 spiro atoms. The van der Waals surface area contributed by atoms with E-state index in [0.717, 1.165) is 113 Å². The molecule has 794 valence electrons. The summed E-state index contributed by atoms with van der Waals surface area (Å²) in [6.45, 7) is 6.15. The lowest BCUT2D eigenvalue weighted by atomic mass is 10.1. The molecule has 150 heavy (non-hydrogen) atoms. The third kappa shape index (κ3) is 49.7. The van der Waals surface area contributed by atoms with Gasteiger partial charge >= 0.3 is 22.4 Å². The normalized spacial score (nSPS) is 11.8. The maximum Gasteiger partial charge on any atom is 0.485 e. The summed E-state index contributed by atoms with van der Waals surface area (Å²) in [5, 5.41) is 72.7. The fourth-order valence-corrected chi connectivity index (χ4v) is 22.5. The van der Waals surface area contributed by atoms with Gasteiger partial charge in [-0.05, 0) is 261 Å². The molecule has 2 fully saturated rings. The van der Waals surface area contributed by atoms with Crippen LogP contribution in [0.15, 0.2) is 424 Å². The molecule has 0 amide bonds. The summed E-state index contributed by atoms with van der Waals surface area (Å²) >= 11 is 10.9. The van der Waals surface area contributed by atoms with Crippen molar-refractivity contribution in [3.63, 3.8) is 0 Å². The van der Waals surface area contributed by atoms with Crippen molar-refractivity contribution in [1.82, 2.24) is 0 Å². The molecule has 0 radical (unpaired) electrons. The predicted molar refractivity (Wildman–Crippen MR) is 575 cm³/mol. The Hall–Kier alpha value is -10.9. The topological polar surface area (TPSA) is 382 Å². The third-order valence-corrected chi connectivity index (χ3v) is 32.9. The first-order valence-corrected chi connectivity index (χ1v) is 57.7. The van der Waals surface area contributed by atoms with Crippen molar-refractivity contribution in [2.75, 3.05) is 62.6 Å². The maximum absolute atomic E-state index is 12.3. The second-order valence-corrected chi connectivity index (χ2v) is 46.4. The van der Waals surface area contributed by atoms with Gasteiger partial charge in [-0.15, -0.1) is 0 Å². The van der Waals surface area contributed by atoms with Gasteiger partial charge in [0.15, 0.2) is 60.4 Å². The molecule has 17 rings (SSSR count). The second-order valence-electron chi connectivity index (χ2n) is 30.3. The summed E-state index contributed by atoms with van der Waals surface area (Å²) < 4.78 is 149. The molecule has 2 heterocycles.